The molecule has 0 bridgehead atoms. The Hall–Kier alpha value is -7.43. The average Bonchev–Trinajstić information content (AvgIpc) is 3.59. The Balaban J connectivity index is 1.13. The summed E-state index contributed by atoms with van der Waals surface area (Å²) in [4.78, 5) is 15.6. The number of benzene rings is 8. The number of rotatable bonds is 5. The van der Waals surface area contributed by atoms with Crippen LogP contribution in [0.5, 0.6) is 0 Å². The van der Waals surface area contributed by atoms with Crippen molar-refractivity contribution >= 4 is 5.69 Å². The number of nitrogens with zero attached hydrogens (tertiary/aromatic N) is 3. The molecule has 2 aliphatic rings. The average molecular weight is 757 g/mol. The molecule has 4 heteroatoms. The summed E-state index contributed by atoms with van der Waals surface area (Å²) in [6, 6.07) is 69.2. The Morgan fingerprint density at radius 3 is 1.51 bits per heavy atom. The van der Waals surface area contributed by atoms with Crippen LogP contribution in [-0.4, -0.2) is 15.0 Å². The molecule has 0 saturated carbocycles. The fourth-order valence-electron chi connectivity index (χ4n) is 9.86. The second kappa shape index (κ2) is 13.3. The third-order valence-corrected chi connectivity index (χ3v) is 12.5. The monoisotopic (exact) mass is 756 g/mol. The van der Waals surface area contributed by atoms with E-state index in [0.717, 1.165) is 44.6 Å². The van der Waals surface area contributed by atoms with Gasteiger partial charge < -0.3 is 5.73 Å². The molecule has 0 saturated heterocycles. The van der Waals surface area contributed by atoms with Gasteiger partial charge in [0.2, 0.25) is 0 Å². The maximum absolute atomic E-state index is 6.19. The molecule has 0 radical (unpaired) electrons. The molecule has 0 fully saturated rings. The molecule has 11 rings (SSSR count). The summed E-state index contributed by atoms with van der Waals surface area (Å²) in [6.07, 6.45) is 0. The Bertz CT molecular complexity index is 3060. The van der Waals surface area contributed by atoms with Crippen LogP contribution in [0.15, 0.2) is 194 Å². The molecule has 280 valence electrons. The van der Waals surface area contributed by atoms with E-state index in [1.165, 1.54) is 44.5 Å². The summed E-state index contributed by atoms with van der Waals surface area (Å²) in [5.41, 5.74) is 23.8. The number of nitrogen functional groups attached to an aromatic ring is 1. The van der Waals surface area contributed by atoms with Gasteiger partial charge in [-0.1, -0.05) is 184 Å². The lowest BCUT2D eigenvalue weighted by Crippen LogP contribution is -2.40. The molecular formula is C55H40N4. The first-order chi connectivity index (χ1) is 28.9. The standard InChI is InChI=1S/C55H40N4/c1-54(2)47-28-12-13-29-49(47)55(45-26-10-8-23-42(45)43-24-9-11-27-46(43)55)50-34-38(30-31-48(50)54)41-22-6-7-25-44(41)53-58-51(35-16-4-3-5-17-35)57-52(59-53)39-20-14-18-36(32-39)37-19-15-21-40(56)33-37/h3-34H,56H2,1-2H3. The van der Waals surface area contributed by atoms with Gasteiger partial charge in [0, 0.05) is 27.8 Å². The minimum absolute atomic E-state index is 0.227. The second-order valence-corrected chi connectivity index (χ2v) is 16.2. The molecule has 59 heavy (non-hydrogen) atoms. The van der Waals surface area contributed by atoms with Gasteiger partial charge in [0.1, 0.15) is 0 Å². The predicted octanol–water partition coefficient (Wildman–Crippen LogP) is 12.8. The van der Waals surface area contributed by atoms with Crippen LogP contribution in [0.1, 0.15) is 47.2 Å². The number of anilines is 1. The van der Waals surface area contributed by atoms with Crippen LogP contribution in [0.4, 0.5) is 5.69 Å². The summed E-state index contributed by atoms with van der Waals surface area (Å²) in [5, 5.41) is 0. The van der Waals surface area contributed by atoms with Crippen molar-refractivity contribution in [2.45, 2.75) is 24.7 Å². The minimum Gasteiger partial charge on any atom is -0.399 e. The zero-order valence-corrected chi connectivity index (χ0v) is 32.9. The molecule has 0 atom stereocenters. The summed E-state index contributed by atoms with van der Waals surface area (Å²) in [6.45, 7) is 4.74. The van der Waals surface area contributed by atoms with E-state index in [0.29, 0.717) is 17.5 Å². The Kier molecular flexibility index (Phi) is 7.86. The third-order valence-electron chi connectivity index (χ3n) is 12.5. The molecule has 1 heterocycles. The van der Waals surface area contributed by atoms with Crippen molar-refractivity contribution in [2.75, 3.05) is 5.73 Å². The van der Waals surface area contributed by atoms with E-state index in [-0.39, 0.29) is 5.41 Å². The molecule has 8 aromatic carbocycles. The van der Waals surface area contributed by atoms with Gasteiger partial charge in [-0.25, -0.2) is 15.0 Å². The lowest BCUT2D eigenvalue weighted by Gasteiger charge is -2.47. The van der Waals surface area contributed by atoms with Gasteiger partial charge in [0.15, 0.2) is 17.5 Å². The Morgan fingerprint density at radius 2 is 0.814 bits per heavy atom. The van der Waals surface area contributed by atoms with Crippen molar-refractivity contribution < 1.29 is 0 Å². The van der Waals surface area contributed by atoms with Crippen LogP contribution in [0.3, 0.4) is 0 Å². The molecule has 1 spiro atoms. The number of aromatic nitrogens is 3. The minimum atomic E-state index is -0.491. The van der Waals surface area contributed by atoms with Gasteiger partial charge in [-0.05, 0) is 91.0 Å². The van der Waals surface area contributed by atoms with E-state index in [1.807, 2.05) is 36.4 Å². The molecule has 2 aliphatic carbocycles. The summed E-state index contributed by atoms with van der Waals surface area (Å²) in [7, 11) is 0. The molecule has 1 aromatic heterocycles. The molecule has 0 amide bonds. The van der Waals surface area contributed by atoms with Crippen LogP contribution in [0.25, 0.3) is 67.5 Å². The second-order valence-electron chi connectivity index (χ2n) is 16.2. The van der Waals surface area contributed by atoms with Crippen LogP contribution in [0, 0.1) is 0 Å². The highest BCUT2D eigenvalue weighted by Crippen LogP contribution is 2.62. The summed E-state index contributed by atoms with van der Waals surface area (Å²) >= 11 is 0. The smallest absolute Gasteiger partial charge is 0.164 e. The quantitative estimate of drug-likeness (QED) is 0.178. The van der Waals surface area contributed by atoms with Crippen molar-refractivity contribution in [2.24, 2.45) is 0 Å². The van der Waals surface area contributed by atoms with Crippen molar-refractivity contribution in [3.63, 3.8) is 0 Å². The lowest BCUT2D eigenvalue weighted by atomic mass is 9.55. The first-order valence-electron chi connectivity index (χ1n) is 20.2. The van der Waals surface area contributed by atoms with E-state index in [2.05, 4.69) is 172 Å². The van der Waals surface area contributed by atoms with Crippen molar-refractivity contribution in [3.05, 3.63) is 228 Å². The zero-order valence-electron chi connectivity index (χ0n) is 32.9. The SMILES string of the molecule is CC1(C)c2ccccc2C2(c3ccccc3-c3ccccc32)c2cc(-c3ccccc3-c3nc(-c4ccccc4)nc(-c4cccc(-c5cccc(N)c5)c4)n3)ccc21. The zero-order chi connectivity index (χ0) is 39.7. The van der Waals surface area contributed by atoms with Gasteiger partial charge in [-0.15, -0.1) is 0 Å². The number of fused-ring (bicyclic) bond motifs is 9. The summed E-state index contributed by atoms with van der Waals surface area (Å²) in [5.74, 6) is 1.85. The highest BCUT2D eigenvalue weighted by Gasteiger charge is 2.53. The van der Waals surface area contributed by atoms with Crippen molar-refractivity contribution in [1.29, 1.82) is 0 Å². The number of hydrogen-bond acceptors (Lipinski definition) is 4. The Morgan fingerprint density at radius 1 is 0.322 bits per heavy atom. The van der Waals surface area contributed by atoms with Crippen LogP contribution >= 0.6 is 0 Å². The first kappa shape index (κ1) is 34.8. The van der Waals surface area contributed by atoms with E-state index < -0.39 is 5.41 Å². The van der Waals surface area contributed by atoms with Gasteiger partial charge in [-0.2, -0.15) is 0 Å². The first-order valence-corrected chi connectivity index (χ1v) is 20.2. The number of hydrogen-bond donors (Lipinski definition) is 1. The molecular weight excluding hydrogens is 717 g/mol. The van der Waals surface area contributed by atoms with Gasteiger partial charge in [0.05, 0.1) is 5.41 Å². The number of nitrogens with two attached hydrogens (primary N) is 1. The predicted molar refractivity (Wildman–Crippen MR) is 241 cm³/mol. The molecule has 9 aromatic rings. The van der Waals surface area contributed by atoms with Gasteiger partial charge in [0.25, 0.3) is 0 Å². The van der Waals surface area contributed by atoms with Crippen molar-refractivity contribution in [3.8, 4) is 67.5 Å². The van der Waals surface area contributed by atoms with E-state index in [4.69, 9.17) is 20.7 Å². The normalized spacial score (nSPS) is 13.9. The molecule has 0 aliphatic heterocycles. The maximum atomic E-state index is 6.19. The largest absolute Gasteiger partial charge is 0.399 e. The fraction of sp³-hybridized carbons (Fsp3) is 0.0727. The third kappa shape index (κ3) is 5.33. The van der Waals surface area contributed by atoms with E-state index >= 15 is 0 Å². The topological polar surface area (TPSA) is 64.7 Å². The fourth-order valence-corrected chi connectivity index (χ4v) is 9.86. The van der Waals surface area contributed by atoms with E-state index in [1.54, 1.807) is 0 Å². The van der Waals surface area contributed by atoms with Gasteiger partial charge >= 0.3 is 0 Å². The maximum Gasteiger partial charge on any atom is 0.164 e. The highest BCUT2D eigenvalue weighted by atomic mass is 15.0. The Labute approximate surface area is 344 Å². The van der Waals surface area contributed by atoms with Crippen LogP contribution in [-0.2, 0) is 10.8 Å². The summed E-state index contributed by atoms with van der Waals surface area (Å²) < 4.78 is 0. The van der Waals surface area contributed by atoms with Crippen molar-refractivity contribution in [1.82, 2.24) is 15.0 Å². The molecule has 2 N–H and O–H groups in total. The lowest BCUT2D eigenvalue weighted by molar-refractivity contribution is 0.563. The van der Waals surface area contributed by atoms with Gasteiger partial charge in [-0.3, -0.25) is 0 Å². The van der Waals surface area contributed by atoms with Crippen LogP contribution in [0.2, 0.25) is 0 Å². The molecule has 0 unspecified atom stereocenters. The van der Waals surface area contributed by atoms with E-state index in [9.17, 15) is 0 Å². The highest BCUT2D eigenvalue weighted by molar-refractivity contribution is 5.90. The van der Waals surface area contributed by atoms with Crippen LogP contribution < -0.4 is 5.73 Å². The molecule has 4 nitrogen and oxygen atoms in total.